The molecule has 2 amide bonds. The second-order valence-electron chi connectivity index (χ2n) is 6.46. The Morgan fingerprint density at radius 3 is 2.52 bits per heavy atom. The molecule has 29 heavy (non-hydrogen) atoms. The van der Waals surface area contributed by atoms with Crippen molar-refractivity contribution in [1.29, 1.82) is 0 Å². The fourth-order valence-corrected chi connectivity index (χ4v) is 3.37. The van der Waals surface area contributed by atoms with Crippen LogP contribution in [0.3, 0.4) is 0 Å². The Morgan fingerprint density at radius 2 is 1.83 bits per heavy atom. The van der Waals surface area contributed by atoms with Gasteiger partial charge in [0.15, 0.2) is 11.7 Å². The number of amides is 2. The van der Waals surface area contributed by atoms with Gasteiger partial charge in [0, 0.05) is 24.5 Å². The third-order valence-electron chi connectivity index (χ3n) is 4.12. The summed E-state index contributed by atoms with van der Waals surface area (Å²) < 4.78 is 18.7. The lowest BCUT2D eigenvalue weighted by molar-refractivity contribution is -0.130. The van der Waals surface area contributed by atoms with Crippen molar-refractivity contribution in [3.8, 4) is 17.0 Å². The van der Waals surface area contributed by atoms with Crippen molar-refractivity contribution in [3.63, 3.8) is 0 Å². The molecule has 2 aromatic carbocycles. The summed E-state index contributed by atoms with van der Waals surface area (Å²) in [4.78, 5) is 31.3. The molecule has 8 heteroatoms. The van der Waals surface area contributed by atoms with Gasteiger partial charge in [-0.2, -0.15) is 0 Å². The number of anilines is 1. The predicted octanol–water partition coefficient (Wildman–Crippen LogP) is 3.98. The molecule has 0 saturated heterocycles. The monoisotopic (exact) mass is 413 g/mol. The molecule has 0 atom stereocenters. The van der Waals surface area contributed by atoms with Crippen LogP contribution in [0, 0.1) is 12.7 Å². The Hall–Kier alpha value is -3.26. The summed E-state index contributed by atoms with van der Waals surface area (Å²) in [5.74, 6) is -0.608. The van der Waals surface area contributed by atoms with Crippen LogP contribution in [0.1, 0.15) is 15.2 Å². The van der Waals surface area contributed by atoms with Crippen LogP contribution in [0.4, 0.5) is 9.52 Å². The van der Waals surface area contributed by atoms with E-state index in [4.69, 9.17) is 4.74 Å². The van der Waals surface area contributed by atoms with E-state index >= 15 is 0 Å². The quantitative estimate of drug-likeness (QED) is 0.664. The molecule has 1 heterocycles. The van der Waals surface area contributed by atoms with Gasteiger partial charge in [0.05, 0.1) is 11.3 Å². The maximum atomic E-state index is 13.2. The lowest BCUT2D eigenvalue weighted by Gasteiger charge is -2.13. The summed E-state index contributed by atoms with van der Waals surface area (Å²) in [5.41, 5.74) is 1.76. The second-order valence-corrected chi connectivity index (χ2v) is 7.66. The number of nitrogens with one attached hydrogen (secondary N) is 1. The molecule has 0 aliphatic heterocycles. The van der Waals surface area contributed by atoms with Crippen LogP contribution >= 0.6 is 11.3 Å². The van der Waals surface area contributed by atoms with Crippen LogP contribution in [0.2, 0.25) is 0 Å². The van der Waals surface area contributed by atoms with Crippen molar-refractivity contribution in [2.45, 2.75) is 6.92 Å². The van der Waals surface area contributed by atoms with Crippen molar-refractivity contribution < 1.29 is 18.7 Å². The van der Waals surface area contributed by atoms with Crippen LogP contribution in [-0.4, -0.2) is 42.4 Å². The lowest BCUT2D eigenvalue weighted by atomic mass is 10.1. The summed E-state index contributed by atoms with van der Waals surface area (Å²) in [5, 5.41) is 3.19. The first kappa shape index (κ1) is 20.5. The molecule has 6 nitrogen and oxygen atoms in total. The Morgan fingerprint density at radius 1 is 1.14 bits per heavy atom. The van der Waals surface area contributed by atoms with Gasteiger partial charge in [-0.3, -0.25) is 14.9 Å². The maximum Gasteiger partial charge on any atom is 0.261 e. The highest BCUT2D eigenvalue weighted by Crippen LogP contribution is 2.31. The van der Waals surface area contributed by atoms with Crippen molar-refractivity contribution in [2.24, 2.45) is 0 Å². The molecule has 3 rings (SSSR count). The minimum atomic E-state index is -0.391. The van der Waals surface area contributed by atoms with Gasteiger partial charge < -0.3 is 9.64 Å². The topological polar surface area (TPSA) is 71.5 Å². The first-order chi connectivity index (χ1) is 13.8. The largest absolute Gasteiger partial charge is 0.483 e. The van der Waals surface area contributed by atoms with E-state index in [0.29, 0.717) is 22.1 Å². The molecule has 0 aliphatic rings. The molecule has 1 N–H and O–H groups in total. The molecule has 0 aliphatic carbocycles. The SMILES string of the molecule is Cc1sc(NC(=O)c2ccccc2OCC(=O)N(C)C)nc1-c1ccc(F)cc1. The number of thiazole rings is 1. The number of hydrogen-bond donors (Lipinski definition) is 1. The molecule has 0 radical (unpaired) electrons. The molecule has 0 saturated carbocycles. The van der Waals surface area contributed by atoms with E-state index < -0.39 is 5.91 Å². The first-order valence-corrected chi connectivity index (χ1v) is 9.63. The maximum absolute atomic E-state index is 13.2. The summed E-state index contributed by atoms with van der Waals surface area (Å²) in [7, 11) is 3.27. The lowest BCUT2D eigenvalue weighted by Crippen LogP contribution is -2.28. The molecule has 0 fully saturated rings. The van der Waals surface area contributed by atoms with E-state index in [0.717, 1.165) is 10.4 Å². The number of aryl methyl sites for hydroxylation is 1. The molecule has 0 bridgehead atoms. The molecular weight excluding hydrogens is 393 g/mol. The van der Waals surface area contributed by atoms with Gasteiger partial charge >= 0.3 is 0 Å². The smallest absolute Gasteiger partial charge is 0.261 e. The van der Waals surface area contributed by atoms with Gasteiger partial charge in [0.2, 0.25) is 0 Å². The number of halogens is 1. The highest BCUT2D eigenvalue weighted by Gasteiger charge is 2.17. The average molecular weight is 413 g/mol. The van der Waals surface area contributed by atoms with E-state index in [2.05, 4.69) is 10.3 Å². The van der Waals surface area contributed by atoms with Gasteiger partial charge in [-0.15, -0.1) is 11.3 Å². The Labute approximate surface area is 172 Å². The van der Waals surface area contributed by atoms with E-state index in [1.54, 1.807) is 50.5 Å². The second kappa shape index (κ2) is 8.83. The van der Waals surface area contributed by atoms with Gasteiger partial charge in [-0.1, -0.05) is 12.1 Å². The van der Waals surface area contributed by atoms with Crippen molar-refractivity contribution >= 4 is 28.3 Å². The van der Waals surface area contributed by atoms with Gasteiger partial charge in [-0.25, -0.2) is 9.37 Å². The third kappa shape index (κ3) is 4.97. The summed E-state index contributed by atoms with van der Waals surface area (Å²) >= 11 is 1.33. The predicted molar refractivity (Wildman–Crippen MR) is 111 cm³/mol. The fraction of sp³-hybridized carbons (Fsp3) is 0.190. The summed E-state index contributed by atoms with van der Waals surface area (Å²) in [6.45, 7) is 1.72. The van der Waals surface area contributed by atoms with Crippen molar-refractivity contribution in [1.82, 2.24) is 9.88 Å². The van der Waals surface area contributed by atoms with E-state index in [1.807, 2.05) is 6.92 Å². The van der Waals surface area contributed by atoms with Crippen LogP contribution in [0.25, 0.3) is 11.3 Å². The van der Waals surface area contributed by atoms with Crippen LogP contribution in [0.5, 0.6) is 5.75 Å². The Balaban J connectivity index is 1.77. The Bertz CT molecular complexity index is 1030. The molecule has 0 unspecified atom stereocenters. The highest BCUT2D eigenvalue weighted by atomic mass is 32.1. The Kier molecular flexibility index (Phi) is 6.23. The fourth-order valence-electron chi connectivity index (χ4n) is 2.54. The van der Waals surface area contributed by atoms with E-state index in [1.165, 1.54) is 28.4 Å². The molecule has 1 aromatic heterocycles. The number of ether oxygens (including phenoxy) is 1. The number of para-hydroxylation sites is 1. The first-order valence-electron chi connectivity index (χ1n) is 8.82. The minimum absolute atomic E-state index is 0.164. The number of aromatic nitrogens is 1. The number of hydrogen-bond acceptors (Lipinski definition) is 5. The standard InChI is InChI=1S/C21H20FN3O3S/c1-13-19(14-8-10-15(22)11-9-14)23-21(29-13)24-20(27)16-6-4-5-7-17(16)28-12-18(26)25(2)3/h4-11H,12H2,1-3H3,(H,23,24,27). The normalized spacial score (nSPS) is 10.5. The number of carbonyl (C=O) groups is 2. The molecule has 0 spiro atoms. The van der Waals surface area contributed by atoms with Gasteiger partial charge in [0.1, 0.15) is 11.6 Å². The van der Waals surface area contributed by atoms with Crippen LogP contribution < -0.4 is 10.1 Å². The van der Waals surface area contributed by atoms with Crippen LogP contribution in [-0.2, 0) is 4.79 Å². The summed E-state index contributed by atoms with van der Waals surface area (Å²) in [6.07, 6.45) is 0. The van der Waals surface area contributed by atoms with Gasteiger partial charge in [-0.05, 0) is 43.3 Å². The number of rotatable bonds is 6. The number of carbonyl (C=O) groups excluding carboxylic acids is 2. The minimum Gasteiger partial charge on any atom is -0.483 e. The summed E-state index contributed by atoms with van der Waals surface area (Å²) in [6, 6.07) is 12.7. The zero-order chi connectivity index (χ0) is 21.0. The third-order valence-corrected chi connectivity index (χ3v) is 5.00. The zero-order valence-corrected chi connectivity index (χ0v) is 17.0. The van der Waals surface area contributed by atoms with Crippen LogP contribution in [0.15, 0.2) is 48.5 Å². The number of likely N-dealkylation sites (N-methyl/N-ethyl adjacent to an activating group) is 1. The van der Waals surface area contributed by atoms with E-state index in [9.17, 15) is 14.0 Å². The van der Waals surface area contributed by atoms with Gasteiger partial charge in [0.25, 0.3) is 11.8 Å². The molecule has 3 aromatic rings. The molecule has 150 valence electrons. The van der Waals surface area contributed by atoms with E-state index in [-0.39, 0.29) is 18.3 Å². The van der Waals surface area contributed by atoms with Crippen molar-refractivity contribution in [2.75, 3.05) is 26.0 Å². The zero-order valence-electron chi connectivity index (χ0n) is 16.2. The number of benzene rings is 2. The highest BCUT2D eigenvalue weighted by molar-refractivity contribution is 7.16. The van der Waals surface area contributed by atoms with Crippen molar-refractivity contribution in [3.05, 3.63) is 64.8 Å². The molecular formula is C21H20FN3O3S. The average Bonchev–Trinajstić information content (AvgIpc) is 3.06. The number of nitrogens with zero attached hydrogens (tertiary/aromatic N) is 2.